The number of aromatic nitrogens is 4. The number of aryl methyl sites for hydroxylation is 1. The fourth-order valence-corrected chi connectivity index (χ4v) is 7.36. The Morgan fingerprint density at radius 1 is 1.09 bits per heavy atom. The van der Waals surface area contributed by atoms with E-state index in [9.17, 15) is 14.7 Å². The second-order valence-corrected chi connectivity index (χ2v) is 13.4. The molecule has 5 heterocycles. The lowest BCUT2D eigenvalue weighted by molar-refractivity contribution is 0.0272. The predicted octanol–water partition coefficient (Wildman–Crippen LogP) is 4.12. The summed E-state index contributed by atoms with van der Waals surface area (Å²) in [5, 5.41) is 14.1. The molecule has 3 aromatic rings. The Labute approximate surface area is 289 Å². The van der Waals surface area contributed by atoms with Crippen LogP contribution in [0.5, 0.6) is 0 Å². The van der Waals surface area contributed by atoms with E-state index in [4.69, 9.17) is 32.9 Å². The first-order valence-electron chi connectivity index (χ1n) is 16.1. The number of hydrogen-bond acceptors (Lipinski definition) is 11. The molecule has 2 aliphatic rings. The van der Waals surface area contributed by atoms with Crippen LogP contribution >= 0.6 is 34.5 Å². The highest BCUT2D eigenvalue weighted by Gasteiger charge is 2.34. The number of anilines is 2. The number of rotatable bonds is 13. The number of nitrogens with zero attached hydrogens (tertiary/aromatic N) is 7. The van der Waals surface area contributed by atoms with Gasteiger partial charge >= 0.3 is 5.97 Å². The summed E-state index contributed by atoms with van der Waals surface area (Å²) in [5.74, 6) is -0.668. The van der Waals surface area contributed by atoms with Crippen molar-refractivity contribution in [3.05, 3.63) is 38.7 Å². The highest BCUT2D eigenvalue weighted by molar-refractivity contribution is 7.17. The van der Waals surface area contributed by atoms with Gasteiger partial charge in [0.2, 0.25) is 0 Å². The van der Waals surface area contributed by atoms with Crippen LogP contribution in [0.25, 0.3) is 11.4 Å². The molecule has 13 nitrogen and oxygen atoms in total. The maximum Gasteiger partial charge on any atom is 0.348 e. The predicted molar refractivity (Wildman–Crippen MR) is 186 cm³/mol. The number of likely N-dealkylation sites (N-methyl/N-ethyl adjacent to an activating group) is 1. The van der Waals surface area contributed by atoms with Crippen LogP contribution in [0.2, 0.25) is 10.0 Å². The fourth-order valence-electron chi connectivity index (χ4n) is 6.00. The maximum absolute atomic E-state index is 13.0. The van der Waals surface area contributed by atoms with Gasteiger partial charge in [-0.3, -0.25) is 9.69 Å². The first kappa shape index (κ1) is 35.3. The molecule has 0 aromatic carbocycles. The minimum atomic E-state index is -1.07. The van der Waals surface area contributed by atoms with Crippen molar-refractivity contribution in [1.82, 2.24) is 35.1 Å². The third-order valence-corrected chi connectivity index (χ3v) is 10.9. The van der Waals surface area contributed by atoms with Crippen LogP contribution in [-0.4, -0.2) is 131 Å². The minimum absolute atomic E-state index is 0.0980. The molecule has 3 N–H and O–H groups in total. The van der Waals surface area contributed by atoms with Gasteiger partial charge in [-0.1, -0.05) is 48.4 Å². The molecule has 0 bridgehead atoms. The van der Waals surface area contributed by atoms with Crippen molar-refractivity contribution in [3.63, 3.8) is 0 Å². The lowest BCUT2D eigenvalue weighted by Crippen LogP contribution is -2.55. The lowest BCUT2D eigenvalue weighted by Gasteiger charge is -2.38. The monoisotopic (exact) mass is 707 g/mol. The summed E-state index contributed by atoms with van der Waals surface area (Å²) in [4.78, 5) is 51.5. The largest absolute Gasteiger partial charge is 0.477 e. The number of H-pyrrole nitrogens is 1. The maximum atomic E-state index is 13.0. The molecule has 256 valence electrons. The van der Waals surface area contributed by atoms with Gasteiger partial charge in [0.25, 0.3) is 5.91 Å². The number of aromatic amines is 1. The summed E-state index contributed by atoms with van der Waals surface area (Å²) in [7, 11) is 0. The summed E-state index contributed by atoms with van der Waals surface area (Å²) in [6, 6.07) is -0.293. The first-order valence-corrected chi connectivity index (χ1v) is 17.7. The molecule has 5 rings (SSSR count). The fraction of sp³-hybridized carbons (Fsp3) is 0.581. The molecule has 0 aliphatic carbocycles. The molecular weight excluding hydrogens is 665 g/mol. The number of carbonyl (C=O) groups excluding carboxylic acids is 1. The molecule has 47 heavy (non-hydrogen) atoms. The van der Waals surface area contributed by atoms with Crippen LogP contribution < -0.4 is 15.1 Å². The van der Waals surface area contributed by atoms with Crippen molar-refractivity contribution in [2.75, 3.05) is 81.9 Å². The molecule has 0 spiro atoms. The average molecular weight is 709 g/mol. The Balaban J connectivity index is 1.24. The Morgan fingerprint density at radius 3 is 2.43 bits per heavy atom. The smallest absolute Gasteiger partial charge is 0.348 e. The molecule has 0 unspecified atom stereocenters. The summed E-state index contributed by atoms with van der Waals surface area (Å²) >= 11 is 13.5. The second kappa shape index (κ2) is 15.9. The Bertz CT molecular complexity index is 1520. The normalized spacial score (nSPS) is 19.0. The lowest BCUT2D eigenvalue weighted by atomic mass is 10.0. The number of ether oxygens (including phenoxy) is 1. The number of piperidine rings is 1. The van der Waals surface area contributed by atoms with E-state index >= 15 is 0 Å². The Kier molecular flexibility index (Phi) is 12.0. The number of piperazine rings is 1. The molecule has 2 aliphatic heterocycles. The van der Waals surface area contributed by atoms with Gasteiger partial charge in [0, 0.05) is 64.7 Å². The second-order valence-electron chi connectivity index (χ2n) is 11.7. The van der Waals surface area contributed by atoms with Crippen LogP contribution in [0.3, 0.4) is 0 Å². The van der Waals surface area contributed by atoms with E-state index in [0.29, 0.717) is 47.7 Å². The molecular formula is C31H43Cl2N9O4S. The van der Waals surface area contributed by atoms with Gasteiger partial charge in [-0.2, -0.15) is 0 Å². The van der Waals surface area contributed by atoms with Crippen molar-refractivity contribution in [1.29, 1.82) is 0 Å². The third kappa shape index (κ3) is 8.18. The van der Waals surface area contributed by atoms with E-state index in [1.165, 1.54) is 0 Å². The molecule has 3 aromatic heterocycles. The zero-order chi connectivity index (χ0) is 33.7. The van der Waals surface area contributed by atoms with Gasteiger partial charge in [0.15, 0.2) is 5.13 Å². The summed E-state index contributed by atoms with van der Waals surface area (Å²) < 4.78 is 6.03. The number of hydrogen-bond donors (Lipinski definition) is 3. The van der Waals surface area contributed by atoms with Crippen LogP contribution in [0.1, 0.15) is 53.0 Å². The summed E-state index contributed by atoms with van der Waals surface area (Å²) in [6.45, 7) is 17.3. The number of carbonyl (C=O) groups is 2. The number of aromatic carboxylic acids is 1. The topological polar surface area (TPSA) is 143 Å². The number of amides is 1. The summed E-state index contributed by atoms with van der Waals surface area (Å²) in [5.41, 5.74) is 1.52. The van der Waals surface area contributed by atoms with Crippen LogP contribution in [0.15, 0.2) is 12.4 Å². The van der Waals surface area contributed by atoms with Gasteiger partial charge in [-0.15, -0.1) is 0 Å². The first-order chi connectivity index (χ1) is 22.6. The van der Waals surface area contributed by atoms with E-state index in [1.807, 2.05) is 11.8 Å². The van der Waals surface area contributed by atoms with Gasteiger partial charge in [0.05, 0.1) is 34.6 Å². The molecule has 1 amide bonds. The number of carboxylic acid groups (broad SMARTS) is 1. The van der Waals surface area contributed by atoms with Gasteiger partial charge in [-0.05, 0) is 33.4 Å². The Hall–Kier alpha value is -3.01. The zero-order valence-electron chi connectivity index (χ0n) is 27.3. The van der Waals surface area contributed by atoms with Crippen LogP contribution in [-0.2, 0) is 4.74 Å². The zero-order valence-corrected chi connectivity index (χ0v) is 29.6. The third-order valence-electron chi connectivity index (χ3n) is 8.82. The van der Waals surface area contributed by atoms with Crippen molar-refractivity contribution < 1.29 is 19.4 Å². The highest BCUT2D eigenvalue weighted by atomic mass is 35.5. The summed E-state index contributed by atoms with van der Waals surface area (Å²) in [6.07, 6.45) is 3.50. The van der Waals surface area contributed by atoms with E-state index in [-0.39, 0.29) is 39.3 Å². The van der Waals surface area contributed by atoms with E-state index in [2.05, 4.69) is 48.8 Å². The standard InChI is InChI=1S/C31H43Cl2N9O4S/c1-5-39(6-2)10-11-40-12-14-41(15-13-40)23-17-34-21(16-35-23)26-28(30(44)45)47-31(38-26)42-9-8-20(22(18-42)46-7-3)37-29(43)27-25(33)24(32)19(4)36-27/h16-17,20,22,36H,5-15,18H2,1-4H3,(H,37,43)(H,44,45)/t20-,22+/m1/s1. The molecule has 2 saturated heterocycles. The average Bonchev–Trinajstić information content (AvgIpc) is 3.64. The number of nitrogens with one attached hydrogen (secondary N) is 2. The van der Waals surface area contributed by atoms with Crippen molar-refractivity contribution in [2.24, 2.45) is 0 Å². The van der Waals surface area contributed by atoms with Gasteiger partial charge in [-0.25, -0.2) is 19.7 Å². The number of halogens is 2. The molecule has 0 radical (unpaired) electrons. The highest BCUT2D eigenvalue weighted by Crippen LogP contribution is 2.35. The molecule has 16 heteroatoms. The van der Waals surface area contributed by atoms with Crippen molar-refractivity contribution in [2.45, 2.75) is 46.3 Å². The van der Waals surface area contributed by atoms with Crippen molar-refractivity contribution >= 4 is 57.4 Å². The molecule has 2 fully saturated rings. The van der Waals surface area contributed by atoms with Crippen molar-refractivity contribution in [3.8, 4) is 11.4 Å². The van der Waals surface area contributed by atoms with E-state index in [1.54, 1.807) is 19.3 Å². The quantitative estimate of drug-likeness (QED) is 0.236. The molecule has 2 atom stereocenters. The van der Waals surface area contributed by atoms with Crippen LogP contribution in [0.4, 0.5) is 10.9 Å². The van der Waals surface area contributed by atoms with Gasteiger partial charge in [0.1, 0.15) is 27.8 Å². The van der Waals surface area contributed by atoms with Crippen LogP contribution in [0, 0.1) is 6.92 Å². The van der Waals surface area contributed by atoms with E-state index < -0.39 is 5.97 Å². The number of carboxylic acids is 1. The Morgan fingerprint density at radius 2 is 1.83 bits per heavy atom. The van der Waals surface area contributed by atoms with E-state index in [0.717, 1.165) is 69.5 Å². The number of thiazole rings is 1. The molecule has 0 saturated carbocycles. The minimum Gasteiger partial charge on any atom is -0.477 e. The SMILES string of the molecule is CCO[C@H]1CN(c2nc(-c3cnc(N4CCN(CCN(CC)CC)CC4)cn3)c(C(=O)O)s2)CC[C@H]1NC(=O)c1[nH]c(C)c(Cl)c1Cl. The van der Waals surface area contributed by atoms with Gasteiger partial charge < -0.3 is 34.8 Å².